The number of imidazole rings is 1. The third-order valence-corrected chi connectivity index (χ3v) is 7.50. The van der Waals surface area contributed by atoms with Crippen molar-refractivity contribution in [2.75, 3.05) is 40.9 Å². The van der Waals surface area contributed by atoms with E-state index in [-0.39, 0.29) is 50.2 Å². The smallest absolute Gasteiger partial charge is 0.460 e. The van der Waals surface area contributed by atoms with E-state index >= 15 is 0 Å². The normalized spacial score (nSPS) is 13.0. The van der Waals surface area contributed by atoms with E-state index in [0.717, 1.165) is 5.56 Å². The summed E-state index contributed by atoms with van der Waals surface area (Å²) < 4.78 is 38.9. The molecule has 0 aliphatic carbocycles. The van der Waals surface area contributed by atoms with Crippen molar-refractivity contribution in [2.24, 2.45) is 4.99 Å². The molecule has 0 bridgehead atoms. The molecule has 2 heterocycles. The van der Waals surface area contributed by atoms with Gasteiger partial charge in [-0.3, -0.25) is 23.7 Å². The predicted molar refractivity (Wildman–Crippen MR) is 155 cm³/mol. The maximum Gasteiger partial charge on any atom is 0.461 e. The van der Waals surface area contributed by atoms with Gasteiger partial charge in [0.2, 0.25) is 5.95 Å². The zero-order chi connectivity index (χ0) is 30.0. The number of nitrogens with one attached hydrogen (secondary N) is 1. The molecule has 0 amide bonds. The first-order chi connectivity index (χ1) is 20.2. The lowest BCUT2D eigenvalue weighted by molar-refractivity contribution is -0.145. The molecular weight excluding hydrogens is 565 g/mol. The number of aromatic amines is 1. The van der Waals surface area contributed by atoms with Crippen molar-refractivity contribution in [2.45, 2.75) is 13.3 Å². The van der Waals surface area contributed by atoms with Crippen LogP contribution in [0.5, 0.6) is 5.75 Å². The summed E-state index contributed by atoms with van der Waals surface area (Å²) in [5.41, 5.74) is 0.823. The van der Waals surface area contributed by atoms with Crippen molar-refractivity contribution in [1.29, 1.82) is 0 Å². The molecule has 0 fully saturated rings. The fraction of sp³-hybridized carbons (Fsp3) is 0.296. The molecule has 14 nitrogen and oxygen atoms in total. The number of carbonyl (C=O) groups is 1. The number of likely N-dealkylation sites (N-methyl/N-ethyl adjacent to an activating group) is 1. The Bertz CT molecular complexity index is 1590. The average Bonchev–Trinajstić information content (AvgIpc) is 3.39. The van der Waals surface area contributed by atoms with Crippen molar-refractivity contribution in [1.82, 2.24) is 29.1 Å². The SMILES string of the molecule is CN(C)/C=N/c1nc2c(ncn2COCCOP(=O)(Oc2ccccc2)N(C)CC(=O)OCc2ccccc2)c(=O)[nH]1. The Morgan fingerprint density at radius 1 is 1.07 bits per heavy atom. The van der Waals surface area contributed by atoms with Gasteiger partial charge in [-0.1, -0.05) is 48.5 Å². The first-order valence-corrected chi connectivity index (χ1v) is 14.4. The summed E-state index contributed by atoms with van der Waals surface area (Å²) in [5.74, 6) is -0.169. The highest BCUT2D eigenvalue weighted by Gasteiger charge is 2.34. The predicted octanol–water partition coefficient (Wildman–Crippen LogP) is 3.19. The van der Waals surface area contributed by atoms with Crippen molar-refractivity contribution in [3.8, 4) is 5.75 Å². The highest BCUT2D eigenvalue weighted by molar-refractivity contribution is 7.51. The van der Waals surface area contributed by atoms with Crippen LogP contribution in [-0.4, -0.2) is 82.3 Å². The fourth-order valence-electron chi connectivity index (χ4n) is 3.51. The van der Waals surface area contributed by atoms with Crippen LogP contribution in [0.15, 0.2) is 76.8 Å². The van der Waals surface area contributed by atoms with E-state index in [1.54, 1.807) is 49.3 Å². The minimum atomic E-state index is -3.99. The van der Waals surface area contributed by atoms with Crippen molar-refractivity contribution < 1.29 is 27.9 Å². The number of aliphatic imine (C=N–C) groups is 1. The summed E-state index contributed by atoms with van der Waals surface area (Å²) in [6.07, 6.45) is 2.93. The summed E-state index contributed by atoms with van der Waals surface area (Å²) in [6.45, 7) is -0.398. The van der Waals surface area contributed by atoms with Crippen LogP contribution in [0.3, 0.4) is 0 Å². The fourth-order valence-corrected chi connectivity index (χ4v) is 4.88. The number of ether oxygens (including phenoxy) is 2. The van der Waals surface area contributed by atoms with E-state index in [1.165, 1.54) is 29.0 Å². The Morgan fingerprint density at radius 3 is 2.50 bits per heavy atom. The maximum absolute atomic E-state index is 13.8. The van der Waals surface area contributed by atoms with E-state index < -0.39 is 19.3 Å². The molecular formula is C27H32N7O7P. The van der Waals surface area contributed by atoms with Crippen LogP contribution in [0.2, 0.25) is 0 Å². The molecule has 2 aromatic carbocycles. The number of para-hydroxylation sites is 1. The van der Waals surface area contributed by atoms with Crippen LogP contribution in [-0.2, 0) is 36.7 Å². The number of benzene rings is 2. The highest BCUT2D eigenvalue weighted by Crippen LogP contribution is 2.50. The molecule has 15 heteroatoms. The maximum atomic E-state index is 13.8. The van der Waals surface area contributed by atoms with Crippen LogP contribution in [0.4, 0.5) is 5.95 Å². The van der Waals surface area contributed by atoms with E-state index in [2.05, 4.69) is 19.9 Å². The number of carbonyl (C=O) groups excluding carboxylic acids is 1. The minimum Gasteiger partial charge on any atom is -0.460 e. The molecule has 222 valence electrons. The quantitative estimate of drug-likeness (QED) is 0.0707. The third-order valence-electron chi connectivity index (χ3n) is 5.57. The van der Waals surface area contributed by atoms with Gasteiger partial charge in [0.1, 0.15) is 25.6 Å². The first kappa shape index (κ1) is 30.6. The number of hydrogen-bond acceptors (Lipinski definition) is 10. The molecule has 0 saturated heterocycles. The molecule has 0 radical (unpaired) electrons. The van der Waals surface area contributed by atoms with Gasteiger partial charge in [-0.2, -0.15) is 9.65 Å². The third kappa shape index (κ3) is 8.57. The molecule has 1 unspecified atom stereocenters. The molecule has 4 rings (SSSR count). The van der Waals surface area contributed by atoms with Gasteiger partial charge in [-0.05, 0) is 24.7 Å². The second-order valence-electron chi connectivity index (χ2n) is 9.19. The number of nitrogens with zero attached hydrogens (tertiary/aromatic N) is 6. The summed E-state index contributed by atoms with van der Waals surface area (Å²) in [4.78, 5) is 41.7. The van der Waals surface area contributed by atoms with E-state index in [1.807, 2.05) is 30.3 Å². The molecule has 42 heavy (non-hydrogen) atoms. The number of aromatic nitrogens is 4. The van der Waals surface area contributed by atoms with Crippen molar-refractivity contribution >= 4 is 37.2 Å². The molecule has 0 aliphatic rings. The largest absolute Gasteiger partial charge is 0.461 e. The number of esters is 1. The number of H-pyrrole nitrogens is 1. The minimum absolute atomic E-state index is 0.00291. The lowest BCUT2D eigenvalue weighted by Crippen LogP contribution is -2.28. The summed E-state index contributed by atoms with van der Waals surface area (Å²) in [6, 6.07) is 17.7. The molecule has 2 aromatic heterocycles. The molecule has 0 aliphatic heterocycles. The van der Waals surface area contributed by atoms with Crippen molar-refractivity contribution in [3.05, 3.63) is 82.9 Å². The van der Waals surface area contributed by atoms with Crippen LogP contribution in [0, 0.1) is 0 Å². The zero-order valence-electron chi connectivity index (χ0n) is 23.5. The first-order valence-electron chi connectivity index (χ1n) is 12.9. The highest BCUT2D eigenvalue weighted by atomic mass is 31.2. The van der Waals surface area contributed by atoms with E-state index in [0.29, 0.717) is 5.75 Å². The number of fused-ring (bicyclic) bond motifs is 1. The standard InChI is InChI=1S/C27H32N7O7P/c1-32(2)18-29-27-30-25-24(26(36)31-27)28-19-34(25)20-38-14-15-40-42(37,41-22-12-8-5-9-13-22)33(3)16-23(35)39-17-21-10-6-4-7-11-21/h4-13,18-19H,14-17,20H2,1-3H3,(H,30,31,36)/b29-18+. The molecule has 1 atom stereocenters. The van der Waals surface area contributed by atoms with Gasteiger partial charge in [-0.15, -0.1) is 0 Å². The summed E-state index contributed by atoms with van der Waals surface area (Å²) in [7, 11) is 1.04. The average molecular weight is 598 g/mol. The van der Waals surface area contributed by atoms with Crippen LogP contribution in [0.25, 0.3) is 11.2 Å². The second-order valence-corrected chi connectivity index (χ2v) is 11.3. The summed E-state index contributed by atoms with van der Waals surface area (Å²) in [5, 5.41) is 0. The Kier molecular flexibility index (Phi) is 10.6. The van der Waals surface area contributed by atoms with Gasteiger partial charge in [0.25, 0.3) is 5.56 Å². The van der Waals surface area contributed by atoms with Gasteiger partial charge in [0, 0.05) is 14.1 Å². The molecule has 0 saturated carbocycles. The van der Waals surface area contributed by atoms with Gasteiger partial charge in [0.15, 0.2) is 11.2 Å². The van der Waals surface area contributed by atoms with Crippen LogP contribution < -0.4 is 10.1 Å². The summed E-state index contributed by atoms with van der Waals surface area (Å²) >= 11 is 0. The van der Waals surface area contributed by atoms with Crippen molar-refractivity contribution in [3.63, 3.8) is 0 Å². The zero-order valence-corrected chi connectivity index (χ0v) is 24.3. The molecule has 1 N–H and O–H groups in total. The lowest BCUT2D eigenvalue weighted by atomic mass is 10.2. The Morgan fingerprint density at radius 2 is 1.79 bits per heavy atom. The Labute approximate surface area is 242 Å². The molecule has 0 spiro atoms. The van der Waals surface area contributed by atoms with Gasteiger partial charge in [-0.25, -0.2) is 14.5 Å². The van der Waals surface area contributed by atoms with Crippen LogP contribution >= 0.6 is 7.75 Å². The van der Waals surface area contributed by atoms with Gasteiger partial charge >= 0.3 is 13.7 Å². The van der Waals surface area contributed by atoms with E-state index in [4.69, 9.17) is 18.5 Å². The second kappa shape index (κ2) is 14.5. The van der Waals surface area contributed by atoms with Crippen LogP contribution in [0.1, 0.15) is 5.56 Å². The monoisotopic (exact) mass is 597 g/mol. The number of hydrogen-bond donors (Lipinski definition) is 1. The lowest BCUT2D eigenvalue weighted by Gasteiger charge is -2.26. The number of rotatable bonds is 15. The molecule has 4 aromatic rings. The Balaban J connectivity index is 1.35. The Hall–Kier alpha value is -4.36. The van der Waals surface area contributed by atoms with Gasteiger partial charge < -0.3 is 18.9 Å². The topological polar surface area (TPSA) is 153 Å². The van der Waals surface area contributed by atoms with Gasteiger partial charge in [0.05, 0.1) is 25.9 Å². The van der Waals surface area contributed by atoms with E-state index in [9.17, 15) is 14.2 Å².